The molecule has 4 fully saturated rings. The van der Waals surface area contributed by atoms with E-state index < -0.39 is 0 Å². The molecule has 7 heteroatoms. The van der Waals surface area contributed by atoms with Crippen LogP contribution >= 0.6 is 11.3 Å². The molecule has 4 heterocycles. The van der Waals surface area contributed by atoms with Gasteiger partial charge >= 0.3 is 7.98 Å². The topological polar surface area (TPSA) is 35.0 Å². The van der Waals surface area contributed by atoms with E-state index in [0.29, 0.717) is 22.0 Å². The lowest BCUT2D eigenvalue weighted by Crippen LogP contribution is -2.70. The Morgan fingerprint density at radius 1 is 1.17 bits per heavy atom. The summed E-state index contributed by atoms with van der Waals surface area (Å²) < 4.78 is 20.4. The van der Waals surface area contributed by atoms with Crippen LogP contribution in [0.3, 0.4) is 0 Å². The van der Waals surface area contributed by atoms with E-state index in [-0.39, 0.29) is 11.9 Å². The molecule has 1 saturated carbocycles. The van der Waals surface area contributed by atoms with E-state index in [9.17, 15) is 4.39 Å². The number of nitrogens with zero attached hydrogens (tertiary/aromatic N) is 3. The van der Waals surface area contributed by atoms with Gasteiger partial charge in [0.15, 0.2) is 5.01 Å². The van der Waals surface area contributed by atoms with Crippen LogP contribution in [-0.4, -0.2) is 48.3 Å². The lowest BCUT2D eigenvalue weighted by atomic mass is 9.63. The molecular formula is C17H18BFN3OS+. The Bertz CT molecular complexity index is 769. The minimum absolute atomic E-state index is 0.199. The molecule has 6 rings (SSSR count). The van der Waals surface area contributed by atoms with Crippen LogP contribution in [0.2, 0.25) is 0 Å². The van der Waals surface area contributed by atoms with Crippen molar-refractivity contribution in [3.05, 3.63) is 30.1 Å². The second kappa shape index (κ2) is 5.26. The molecule has 2 radical (unpaired) electrons. The number of rotatable bonds is 3. The number of quaternary nitrogens is 1. The van der Waals surface area contributed by atoms with Gasteiger partial charge in [-0.15, -0.1) is 5.10 Å². The van der Waals surface area contributed by atoms with Gasteiger partial charge in [0.2, 0.25) is 0 Å². The summed E-state index contributed by atoms with van der Waals surface area (Å²) >= 11 is 1.39. The first-order valence-electron chi connectivity index (χ1n) is 8.49. The number of piperidine rings is 3. The van der Waals surface area contributed by atoms with E-state index in [1.807, 2.05) is 6.07 Å². The van der Waals surface area contributed by atoms with Crippen LogP contribution in [0.5, 0.6) is 5.19 Å². The smallest absolute Gasteiger partial charge is 0.465 e. The summed E-state index contributed by atoms with van der Waals surface area (Å²) in [6.45, 7) is 3.14. The maximum Gasteiger partial charge on any atom is 0.481 e. The standard InChI is InChI=1S/C17H18BFN3OS/c18-22-7-10-4-12(8-22)15(13(5-10)9-22)23-17-21-20-16(24-17)11-2-1-3-14(19)6-11/h1-3,6,10,12-13,15H,4-5,7-9H2/q+1. The molecule has 122 valence electrons. The Morgan fingerprint density at radius 2 is 1.96 bits per heavy atom. The Morgan fingerprint density at radius 3 is 2.67 bits per heavy atom. The first kappa shape index (κ1) is 14.8. The van der Waals surface area contributed by atoms with Crippen molar-refractivity contribution in [1.82, 2.24) is 10.2 Å². The quantitative estimate of drug-likeness (QED) is 0.805. The summed E-state index contributed by atoms with van der Waals surface area (Å²) in [5, 5.41) is 9.63. The van der Waals surface area contributed by atoms with Gasteiger partial charge in [-0.3, -0.25) is 0 Å². The number of benzene rings is 1. The van der Waals surface area contributed by atoms with Gasteiger partial charge in [-0.2, -0.15) is 0 Å². The number of ether oxygens (including phenoxy) is 1. The highest BCUT2D eigenvalue weighted by atomic mass is 32.1. The number of hydrogen-bond donors (Lipinski definition) is 0. The Kier molecular flexibility index (Phi) is 3.26. The Hall–Kier alpha value is -1.47. The third-order valence-corrected chi connectivity index (χ3v) is 6.60. The molecule has 4 bridgehead atoms. The molecule has 0 N–H and O–H groups in total. The van der Waals surface area contributed by atoms with Gasteiger partial charge in [-0.25, -0.2) is 4.39 Å². The van der Waals surface area contributed by atoms with Gasteiger partial charge in [-0.05, 0) is 25.0 Å². The molecule has 4 nitrogen and oxygen atoms in total. The van der Waals surface area contributed by atoms with Gasteiger partial charge in [0.25, 0.3) is 5.19 Å². The summed E-state index contributed by atoms with van der Waals surface area (Å²) in [5.41, 5.74) is 0.741. The number of hydrogen-bond acceptors (Lipinski definition) is 4. The van der Waals surface area contributed by atoms with Gasteiger partial charge < -0.3 is 9.13 Å². The van der Waals surface area contributed by atoms with Crippen LogP contribution in [0.15, 0.2) is 24.3 Å². The van der Waals surface area contributed by atoms with E-state index in [0.717, 1.165) is 35.5 Å². The second-order valence-electron chi connectivity index (χ2n) is 7.59. The molecule has 0 amide bonds. The minimum Gasteiger partial charge on any atom is -0.465 e. The summed E-state index contributed by atoms with van der Waals surface area (Å²) in [6.07, 6.45) is 2.63. The first-order chi connectivity index (χ1) is 11.6. The molecular weight excluding hydrogens is 324 g/mol. The molecule has 2 unspecified atom stereocenters. The molecule has 1 aromatic heterocycles. The number of aromatic nitrogens is 2. The van der Waals surface area contributed by atoms with Crippen molar-refractivity contribution in [3.63, 3.8) is 0 Å². The molecule has 2 atom stereocenters. The SMILES string of the molecule is [B][N+]12CC3CC(C1)C(Oc1nnc(-c4cccc(F)c4)s1)C(C3)C2. The fourth-order valence-corrected chi connectivity index (χ4v) is 5.82. The fraction of sp³-hybridized carbons (Fsp3) is 0.529. The van der Waals surface area contributed by atoms with Crippen LogP contribution in [0.1, 0.15) is 12.8 Å². The van der Waals surface area contributed by atoms with E-state index in [4.69, 9.17) is 12.7 Å². The van der Waals surface area contributed by atoms with Crippen LogP contribution in [0, 0.1) is 23.6 Å². The van der Waals surface area contributed by atoms with E-state index in [2.05, 4.69) is 10.2 Å². The Balaban J connectivity index is 1.36. The third-order valence-electron chi connectivity index (χ3n) is 5.73. The lowest BCUT2D eigenvalue weighted by Gasteiger charge is -2.59. The van der Waals surface area contributed by atoms with Crippen LogP contribution in [0.25, 0.3) is 10.6 Å². The van der Waals surface area contributed by atoms with Crippen molar-refractivity contribution in [2.75, 3.05) is 19.6 Å². The molecule has 2 aromatic rings. The molecule has 4 aliphatic rings. The van der Waals surface area contributed by atoms with Gasteiger partial charge in [0.05, 0.1) is 19.6 Å². The van der Waals surface area contributed by atoms with E-state index in [1.165, 1.54) is 36.3 Å². The molecule has 1 aromatic carbocycles. The monoisotopic (exact) mass is 342 g/mol. The lowest BCUT2D eigenvalue weighted by molar-refractivity contribution is -0.852. The van der Waals surface area contributed by atoms with E-state index in [1.54, 1.807) is 6.07 Å². The number of halogens is 1. The van der Waals surface area contributed by atoms with Crippen molar-refractivity contribution in [2.45, 2.75) is 18.9 Å². The zero-order chi connectivity index (χ0) is 16.3. The summed E-state index contributed by atoms with van der Waals surface area (Å²) in [5.74, 6) is 1.52. The third kappa shape index (κ3) is 2.45. The van der Waals surface area contributed by atoms with Gasteiger partial charge in [0.1, 0.15) is 11.9 Å². The maximum atomic E-state index is 13.4. The van der Waals surface area contributed by atoms with Gasteiger partial charge in [0, 0.05) is 23.3 Å². The zero-order valence-electron chi connectivity index (χ0n) is 13.3. The fourth-order valence-electron chi connectivity index (χ4n) is 5.09. The van der Waals surface area contributed by atoms with Crippen molar-refractivity contribution < 1.29 is 13.5 Å². The van der Waals surface area contributed by atoms with Crippen molar-refractivity contribution >= 4 is 19.3 Å². The molecule has 1 aliphatic carbocycles. The average molecular weight is 342 g/mol. The summed E-state index contributed by atoms with van der Waals surface area (Å²) in [6, 6.07) is 6.43. The summed E-state index contributed by atoms with van der Waals surface area (Å²) in [4.78, 5) is 0. The largest absolute Gasteiger partial charge is 0.481 e. The molecule has 3 saturated heterocycles. The molecule has 24 heavy (non-hydrogen) atoms. The zero-order valence-corrected chi connectivity index (χ0v) is 14.1. The minimum atomic E-state index is -0.266. The summed E-state index contributed by atoms with van der Waals surface area (Å²) in [7, 11) is 6.49. The second-order valence-corrected chi connectivity index (χ2v) is 8.53. The van der Waals surface area contributed by atoms with Crippen LogP contribution < -0.4 is 4.74 Å². The highest BCUT2D eigenvalue weighted by Gasteiger charge is 2.55. The van der Waals surface area contributed by atoms with Crippen molar-refractivity contribution in [3.8, 4) is 15.8 Å². The predicted octanol–water partition coefficient (Wildman–Crippen LogP) is 2.66. The van der Waals surface area contributed by atoms with E-state index >= 15 is 0 Å². The maximum absolute atomic E-state index is 13.4. The van der Waals surface area contributed by atoms with Gasteiger partial charge in [-0.1, -0.05) is 28.6 Å². The Labute approximate surface area is 145 Å². The highest BCUT2D eigenvalue weighted by molar-refractivity contribution is 7.16. The predicted molar refractivity (Wildman–Crippen MR) is 90.0 cm³/mol. The average Bonchev–Trinajstić information content (AvgIpc) is 2.98. The van der Waals surface area contributed by atoms with Crippen molar-refractivity contribution in [1.29, 1.82) is 0 Å². The molecule has 3 aliphatic heterocycles. The highest BCUT2D eigenvalue weighted by Crippen LogP contribution is 2.47. The normalized spacial score (nSPS) is 36.9. The van der Waals surface area contributed by atoms with Crippen LogP contribution in [0.4, 0.5) is 4.39 Å². The first-order valence-corrected chi connectivity index (χ1v) is 9.30. The van der Waals surface area contributed by atoms with Crippen LogP contribution in [-0.2, 0) is 0 Å². The molecule has 0 spiro atoms. The van der Waals surface area contributed by atoms with Crippen molar-refractivity contribution in [2.24, 2.45) is 17.8 Å².